The van der Waals surface area contributed by atoms with Gasteiger partial charge in [-0.25, -0.2) is 22.5 Å². The van der Waals surface area contributed by atoms with E-state index in [0.717, 1.165) is 38.8 Å². The Morgan fingerprint density at radius 2 is 1.98 bits per heavy atom. The highest BCUT2D eigenvalue weighted by molar-refractivity contribution is 5.97. The summed E-state index contributed by atoms with van der Waals surface area (Å²) in [5.74, 6) is -1.16. The molecule has 2 aromatic heterocycles. The minimum Gasteiger partial charge on any atom is -0.475 e. The SMILES string of the molecule is Cc1cc(C(F)F)cc(-c2nc3c4c(nc(OC[C@@]56CCCN5C[C@H](F)C6)nc4c2F)N2C[C@@H]4CC[C@@H](N4)[C@H]2CO3)c1C(F)(F)F. The van der Waals surface area contributed by atoms with Gasteiger partial charge < -0.3 is 19.7 Å². The molecule has 246 valence electrons. The molecule has 5 atom stereocenters. The van der Waals surface area contributed by atoms with Gasteiger partial charge in [-0.15, -0.1) is 0 Å². The number of nitrogens with zero attached hydrogens (tertiary/aromatic N) is 5. The van der Waals surface area contributed by atoms with Crippen LogP contribution in [0.5, 0.6) is 11.9 Å². The summed E-state index contributed by atoms with van der Waals surface area (Å²) >= 11 is 0. The van der Waals surface area contributed by atoms with Crippen molar-refractivity contribution in [1.82, 2.24) is 25.2 Å². The van der Waals surface area contributed by atoms with E-state index in [2.05, 4.69) is 15.3 Å². The van der Waals surface area contributed by atoms with E-state index in [-0.39, 0.29) is 60.9 Å². The maximum atomic E-state index is 16.7. The number of alkyl halides is 6. The van der Waals surface area contributed by atoms with Crippen LogP contribution >= 0.6 is 0 Å². The van der Waals surface area contributed by atoms with E-state index >= 15 is 4.39 Å². The second-order valence-electron chi connectivity index (χ2n) is 13.1. The molecule has 0 radical (unpaired) electrons. The molecule has 5 aliphatic rings. The van der Waals surface area contributed by atoms with Gasteiger partial charge in [-0.3, -0.25) is 4.90 Å². The van der Waals surface area contributed by atoms with Crippen LogP contribution in [-0.2, 0) is 6.18 Å². The molecule has 1 aromatic carbocycles. The van der Waals surface area contributed by atoms with Gasteiger partial charge in [0.25, 0.3) is 6.43 Å². The van der Waals surface area contributed by atoms with Gasteiger partial charge in [0, 0.05) is 42.7 Å². The molecule has 15 heteroatoms. The van der Waals surface area contributed by atoms with Crippen molar-refractivity contribution >= 4 is 16.7 Å². The van der Waals surface area contributed by atoms with E-state index in [9.17, 15) is 26.3 Å². The minimum absolute atomic E-state index is 0.0138. The third-order valence-electron chi connectivity index (χ3n) is 10.3. The zero-order valence-electron chi connectivity index (χ0n) is 24.8. The molecule has 4 saturated heterocycles. The number of rotatable bonds is 5. The third-order valence-corrected chi connectivity index (χ3v) is 10.3. The number of benzene rings is 1. The van der Waals surface area contributed by atoms with Crippen molar-refractivity contribution in [3.05, 3.63) is 34.6 Å². The molecular formula is C31H31F7N6O2. The molecule has 7 heterocycles. The van der Waals surface area contributed by atoms with Crippen molar-refractivity contribution in [2.45, 2.75) is 81.5 Å². The zero-order valence-corrected chi connectivity index (χ0v) is 24.8. The second kappa shape index (κ2) is 10.5. The first-order chi connectivity index (χ1) is 21.9. The lowest BCUT2D eigenvalue weighted by atomic mass is 9.94. The van der Waals surface area contributed by atoms with Crippen molar-refractivity contribution in [3.8, 4) is 23.1 Å². The summed E-state index contributed by atoms with van der Waals surface area (Å²) in [7, 11) is 0. The minimum atomic E-state index is -5.00. The lowest BCUT2D eigenvalue weighted by molar-refractivity contribution is -0.137. The highest BCUT2D eigenvalue weighted by Crippen LogP contribution is 2.47. The molecule has 5 aliphatic heterocycles. The van der Waals surface area contributed by atoms with Crippen LogP contribution in [-0.4, -0.2) is 82.5 Å². The smallest absolute Gasteiger partial charge is 0.417 e. The molecule has 8 rings (SSSR count). The predicted molar refractivity (Wildman–Crippen MR) is 153 cm³/mol. The van der Waals surface area contributed by atoms with E-state index in [0.29, 0.717) is 25.6 Å². The molecule has 8 nitrogen and oxygen atoms in total. The third kappa shape index (κ3) is 4.67. The number of piperazine rings is 1. The summed E-state index contributed by atoms with van der Waals surface area (Å²) in [5.41, 5.74) is -5.09. The normalized spacial score (nSPS) is 28.8. The Hall–Kier alpha value is -3.46. The average Bonchev–Trinajstić information content (AvgIpc) is 3.63. The van der Waals surface area contributed by atoms with Gasteiger partial charge in [0.05, 0.1) is 17.1 Å². The van der Waals surface area contributed by atoms with Gasteiger partial charge in [0.15, 0.2) is 5.82 Å². The number of pyridine rings is 1. The predicted octanol–water partition coefficient (Wildman–Crippen LogP) is 5.75. The number of anilines is 1. The van der Waals surface area contributed by atoms with Crippen molar-refractivity contribution in [2.24, 2.45) is 0 Å². The van der Waals surface area contributed by atoms with Crippen LogP contribution in [0.4, 0.5) is 36.6 Å². The number of aromatic nitrogens is 3. The number of ether oxygens (including phenoxy) is 2. The Morgan fingerprint density at radius 3 is 2.76 bits per heavy atom. The maximum absolute atomic E-state index is 16.7. The molecule has 46 heavy (non-hydrogen) atoms. The van der Waals surface area contributed by atoms with Gasteiger partial charge in [-0.2, -0.15) is 23.1 Å². The summed E-state index contributed by atoms with van der Waals surface area (Å²) < 4.78 is 114. The lowest BCUT2D eigenvalue weighted by Gasteiger charge is -2.40. The Bertz CT molecular complexity index is 1720. The Morgan fingerprint density at radius 1 is 1.15 bits per heavy atom. The molecule has 2 bridgehead atoms. The van der Waals surface area contributed by atoms with Gasteiger partial charge in [0.1, 0.15) is 41.8 Å². The lowest BCUT2D eigenvalue weighted by Crippen LogP contribution is -2.60. The first-order valence-electron chi connectivity index (χ1n) is 15.5. The van der Waals surface area contributed by atoms with Crippen molar-refractivity contribution < 1.29 is 40.2 Å². The average molecular weight is 653 g/mol. The maximum Gasteiger partial charge on any atom is 0.417 e. The number of nitrogens with one attached hydrogen (secondary N) is 1. The molecule has 4 fully saturated rings. The molecule has 1 N–H and O–H groups in total. The molecule has 0 unspecified atom stereocenters. The number of fused-ring (bicyclic) bond motifs is 6. The molecular weight excluding hydrogens is 621 g/mol. The number of hydrogen-bond donors (Lipinski definition) is 1. The van der Waals surface area contributed by atoms with Gasteiger partial charge in [0.2, 0.25) is 5.88 Å². The highest BCUT2D eigenvalue weighted by atomic mass is 19.4. The van der Waals surface area contributed by atoms with E-state index in [1.54, 1.807) is 0 Å². The molecule has 0 saturated carbocycles. The Balaban J connectivity index is 1.32. The highest BCUT2D eigenvalue weighted by Gasteiger charge is 2.50. The van der Waals surface area contributed by atoms with Crippen LogP contribution in [0.2, 0.25) is 0 Å². The summed E-state index contributed by atoms with van der Waals surface area (Å²) in [6.07, 6.45) is -5.50. The quantitative estimate of drug-likeness (QED) is 0.350. The Kier molecular flexibility index (Phi) is 6.84. The van der Waals surface area contributed by atoms with Crippen molar-refractivity contribution in [2.75, 3.05) is 37.7 Å². The summed E-state index contributed by atoms with van der Waals surface area (Å²) in [4.78, 5) is 17.3. The molecule has 3 aromatic rings. The monoisotopic (exact) mass is 652 g/mol. The fourth-order valence-electron chi connectivity index (χ4n) is 8.31. The van der Waals surface area contributed by atoms with E-state index < -0.39 is 63.6 Å². The standard InChI is InChI=1S/C31H31F7N6O2/c1-14-7-15(26(34)35)8-18(22(14)31(36,37)38)24-23(33)25-21-27(44-11-17-3-4-19(39-17)20(44)12-45-28(21)40-24)42-29(41-25)46-13-30-5-2-6-43(30)10-16(32)9-30/h7-8,16-17,19-20,26,39H,2-6,9-13H2,1H3/t16-,17+,19-,20-,30+/m1/s1. The number of aryl methyl sites for hydroxylation is 1. The molecule has 0 aliphatic carbocycles. The Labute approximate surface area is 259 Å². The van der Waals surface area contributed by atoms with Crippen LogP contribution in [0.25, 0.3) is 22.2 Å². The topological polar surface area (TPSA) is 75.6 Å². The summed E-state index contributed by atoms with van der Waals surface area (Å²) in [5, 5.41) is 3.62. The largest absolute Gasteiger partial charge is 0.475 e. The van der Waals surface area contributed by atoms with Gasteiger partial charge in [-0.05, 0) is 56.8 Å². The van der Waals surface area contributed by atoms with Crippen LogP contribution in [0, 0.1) is 12.7 Å². The number of hydrogen-bond acceptors (Lipinski definition) is 8. The summed E-state index contributed by atoms with van der Waals surface area (Å²) in [6, 6.07) is 1.03. The zero-order chi connectivity index (χ0) is 32.1. The first-order valence-corrected chi connectivity index (χ1v) is 15.5. The number of halogens is 7. The molecule has 0 spiro atoms. The van der Waals surface area contributed by atoms with Gasteiger partial charge >= 0.3 is 12.2 Å². The van der Waals surface area contributed by atoms with Crippen molar-refractivity contribution in [1.29, 1.82) is 0 Å². The fraction of sp³-hybridized carbons (Fsp3) is 0.581. The van der Waals surface area contributed by atoms with Gasteiger partial charge in [-0.1, -0.05) is 0 Å². The second-order valence-corrected chi connectivity index (χ2v) is 13.1. The van der Waals surface area contributed by atoms with Crippen LogP contribution in [0.1, 0.15) is 55.2 Å². The van der Waals surface area contributed by atoms with Crippen molar-refractivity contribution in [3.63, 3.8) is 0 Å². The van der Waals surface area contributed by atoms with E-state index in [1.807, 2.05) is 9.80 Å². The fourth-order valence-corrected chi connectivity index (χ4v) is 8.31. The van der Waals surface area contributed by atoms with E-state index in [1.165, 1.54) is 0 Å². The molecule has 0 amide bonds. The van der Waals surface area contributed by atoms with Crippen LogP contribution in [0.3, 0.4) is 0 Å². The first kappa shape index (κ1) is 29.9. The van der Waals surface area contributed by atoms with Crippen LogP contribution in [0.15, 0.2) is 12.1 Å². The summed E-state index contributed by atoms with van der Waals surface area (Å²) in [6.45, 7) is 2.69. The van der Waals surface area contributed by atoms with Crippen LogP contribution < -0.4 is 19.7 Å². The van der Waals surface area contributed by atoms with E-state index in [4.69, 9.17) is 14.5 Å².